The molecule has 7 rings (SSSR count). The largest absolute Gasteiger partial charge is 0.506 e. The van der Waals surface area contributed by atoms with E-state index in [0.29, 0.717) is 30.7 Å². The van der Waals surface area contributed by atoms with Gasteiger partial charge in [0.15, 0.2) is 5.82 Å². The fourth-order valence-electron chi connectivity index (χ4n) is 7.45. The maximum Gasteiger partial charge on any atom is 0.420 e. The fourth-order valence-corrected chi connectivity index (χ4v) is 8.57. The van der Waals surface area contributed by atoms with E-state index < -0.39 is 91.6 Å². The number of ether oxygens (including phenoxy) is 2. The van der Waals surface area contributed by atoms with Crippen LogP contribution < -0.4 is 21.5 Å². The number of hydrogen-bond acceptors (Lipinski definition) is 12. The van der Waals surface area contributed by atoms with Gasteiger partial charge in [-0.3, -0.25) is 4.90 Å². The van der Waals surface area contributed by atoms with Crippen LogP contribution in [0.1, 0.15) is 42.0 Å². The van der Waals surface area contributed by atoms with Crippen LogP contribution in [0, 0.1) is 23.0 Å². The molecule has 2 aliphatic heterocycles. The highest BCUT2D eigenvalue weighted by Crippen LogP contribution is 2.52. The Morgan fingerprint density at radius 2 is 1.98 bits per heavy atom. The summed E-state index contributed by atoms with van der Waals surface area (Å²) in [5, 5.41) is 23.0. The van der Waals surface area contributed by atoms with Gasteiger partial charge in [-0.15, -0.1) is 11.3 Å². The number of phenols is 1. The molecular weight excluding hydrogens is 781 g/mol. The molecule has 5 aromatic rings. The number of halogens is 8. The number of anilines is 3. The lowest BCUT2D eigenvalue weighted by Gasteiger charge is -2.31. The highest BCUT2D eigenvalue weighted by Gasteiger charge is 2.49. The van der Waals surface area contributed by atoms with Gasteiger partial charge in [0.1, 0.15) is 52.0 Å². The highest BCUT2D eigenvalue weighted by molar-refractivity contribution is 7.23. The zero-order valence-electron chi connectivity index (χ0n) is 28.4. The summed E-state index contributed by atoms with van der Waals surface area (Å²) in [6, 6.07) is 3.10. The van der Waals surface area contributed by atoms with Gasteiger partial charge in [-0.25, -0.2) is 13.8 Å². The Morgan fingerprint density at radius 1 is 1.22 bits per heavy atom. The summed E-state index contributed by atoms with van der Waals surface area (Å²) in [7, 11) is 1.31. The molecule has 0 saturated carbocycles. The van der Waals surface area contributed by atoms with Crippen LogP contribution in [-0.4, -0.2) is 63.9 Å². The second kappa shape index (κ2) is 14.2. The van der Waals surface area contributed by atoms with E-state index in [2.05, 4.69) is 20.3 Å². The van der Waals surface area contributed by atoms with Crippen LogP contribution in [0.5, 0.6) is 11.8 Å². The minimum Gasteiger partial charge on any atom is -0.506 e. The second-order valence-electron chi connectivity index (χ2n) is 13.1. The molecule has 2 aliphatic rings. The predicted octanol–water partition coefficient (Wildman–Crippen LogP) is 8.17. The van der Waals surface area contributed by atoms with E-state index in [1.807, 2.05) is 4.90 Å². The molecule has 0 radical (unpaired) electrons. The van der Waals surface area contributed by atoms with Gasteiger partial charge in [-0.2, -0.15) is 37.2 Å². The number of phenolic OH excluding ortho intramolecular Hbond substituents is 1. The van der Waals surface area contributed by atoms with Crippen LogP contribution in [0.2, 0.25) is 5.02 Å². The summed E-state index contributed by atoms with van der Waals surface area (Å²) < 4.78 is 116. The lowest BCUT2D eigenvalue weighted by Crippen LogP contribution is -2.43. The van der Waals surface area contributed by atoms with Crippen molar-refractivity contribution >= 4 is 60.6 Å². The summed E-state index contributed by atoms with van der Waals surface area (Å²) in [6.07, 6.45) is -4.94. The van der Waals surface area contributed by atoms with E-state index >= 15 is 17.6 Å². The zero-order valence-corrected chi connectivity index (χ0v) is 30.0. The molecule has 0 bridgehead atoms. The Bertz CT molecular complexity index is 2450. The molecule has 0 aliphatic carbocycles. The van der Waals surface area contributed by atoms with E-state index in [1.165, 1.54) is 19.4 Å². The number of pyridine rings is 1. The van der Waals surface area contributed by atoms with Gasteiger partial charge in [-0.05, 0) is 43.5 Å². The number of aromatic nitrogens is 3. The van der Waals surface area contributed by atoms with Crippen molar-refractivity contribution in [1.29, 1.82) is 5.26 Å². The van der Waals surface area contributed by atoms with E-state index in [0.717, 1.165) is 12.1 Å². The van der Waals surface area contributed by atoms with E-state index in [1.54, 1.807) is 6.07 Å². The molecule has 2 atom stereocenters. The molecule has 5 heterocycles. The topological polar surface area (TPSA) is 168 Å². The van der Waals surface area contributed by atoms with Crippen LogP contribution in [0.25, 0.3) is 32.1 Å². The van der Waals surface area contributed by atoms with Crippen molar-refractivity contribution in [1.82, 2.24) is 19.9 Å². The Kier molecular flexibility index (Phi) is 9.82. The first-order valence-corrected chi connectivity index (χ1v) is 17.6. The molecule has 6 N–H and O–H groups in total. The Balaban J connectivity index is 1.49. The zero-order chi connectivity index (χ0) is 39.6. The maximum atomic E-state index is 17.2. The van der Waals surface area contributed by atoms with Gasteiger partial charge in [0.05, 0.1) is 38.9 Å². The van der Waals surface area contributed by atoms with Crippen molar-refractivity contribution in [2.45, 2.75) is 37.0 Å². The quantitative estimate of drug-likeness (QED) is 0.106. The summed E-state index contributed by atoms with van der Waals surface area (Å²) in [6.45, 7) is 0.00434. The number of nitriles is 1. The Labute approximate surface area is 315 Å². The van der Waals surface area contributed by atoms with Gasteiger partial charge in [0.25, 0.3) is 6.08 Å². The molecule has 0 amide bonds. The van der Waals surface area contributed by atoms with Crippen molar-refractivity contribution < 1.29 is 45.3 Å². The molecule has 55 heavy (non-hydrogen) atoms. The first-order chi connectivity index (χ1) is 26.1. The minimum atomic E-state index is -5.46. The van der Waals surface area contributed by atoms with Gasteiger partial charge < -0.3 is 31.4 Å². The molecule has 0 spiro atoms. The first kappa shape index (κ1) is 38.1. The number of methoxy groups -OCH3 is 1. The lowest BCUT2D eigenvalue weighted by molar-refractivity contribution is -0.138. The highest BCUT2D eigenvalue weighted by atomic mass is 35.5. The van der Waals surface area contributed by atoms with Gasteiger partial charge in [-0.1, -0.05) is 17.7 Å². The molecular formula is C35H28ClF7N8O3S. The Morgan fingerprint density at radius 3 is 2.67 bits per heavy atom. The third-order valence-corrected chi connectivity index (χ3v) is 11.1. The summed E-state index contributed by atoms with van der Waals surface area (Å²) in [5.74, 6) is -4.73. The average molecular weight is 809 g/mol. The van der Waals surface area contributed by atoms with Crippen LogP contribution >= 0.6 is 22.9 Å². The third-order valence-electron chi connectivity index (χ3n) is 9.86. The smallest absolute Gasteiger partial charge is 0.420 e. The van der Waals surface area contributed by atoms with Gasteiger partial charge in [0, 0.05) is 41.9 Å². The van der Waals surface area contributed by atoms with Crippen molar-refractivity contribution in [3.05, 3.63) is 69.4 Å². The molecule has 2 fully saturated rings. The fraction of sp³-hybridized carbons (Fsp3) is 0.314. The lowest BCUT2D eigenvalue weighted by atomic mass is 9.91. The first-order valence-electron chi connectivity index (χ1n) is 16.4. The number of benzene rings is 2. The number of alkyl halides is 3. The van der Waals surface area contributed by atoms with Crippen molar-refractivity contribution in [2.24, 2.45) is 0 Å². The number of nitrogens with zero attached hydrogens (tertiary/aromatic N) is 5. The average Bonchev–Trinajstić information content (AvgIpc) is 3.80. The predicted molar refractivity (Wildman–Crippen MR) is 191 cm³/mol. The molecule has 288 valence electrons. The van der Waals surface area contributed by atoms with Crippen molar-refractivity contribution in [3.63, 3.8) is 0 Å². The number of aromatic hydroxyl groups is 1. The standard InChI is InChI=1S/C35H28ClF7N8O3S/c1-53-12-20(17-7-15(36)10-47-30(17)45)48-32-23-26(49-33(50-32)54-13-34-5-2-6-51(34)11-14(8-34)29(39)40)25(38)22(24(27(23)52)35(41,42)43)16-3-4-19(37)28-21(16)18(9-44)31(46)55-28/h3-4,7,10,20,52H,2,5-6,8,11-13,46H2,1H3,(H2,45,47)(H,48,49,50)/t20-,34+/m1/s1. The molecule has 11 nitrogen and oxygen atoms in total. The molecule has 2 saturated heterocycles. The van der Waals surface area contributed by atoms with Crippen LogP contribution in [0.3, 0.4) is 0 Å². The number of rotatable bonds is 9. The third kappa shape index (κ3) is 6.56. The second-order valence-corrected chi connectivity index (χ2v) is 14.6. The summed E-state index contributed by atoms with van der Waals surface area (Å²) in [4.78, 5) is 14.2. The summed E-state index contributed by atoms with van der Waals surface area (Å²) in [5.41, 5.74) is 6.25. The Hall–Kier alpha value is -5.16. The van der Waals surface area contributed by atoms with E-state index in [-0.39, 0.29) is 57.9 Å². The van der Waals surface area contributed by atoms with Crippen LogP contribution in [0.15, 0.2) is 36.0 Å². The molecule has 3 aromatic heterocycles. The molecule has 20 heteroatoms. The number of hydrogen-bond donors (Lipinski definition) is 4. The molecule has 0 unspecified atom stereocenters. The van der Waals surface area contributed by atoms with Crippen molar-refractivity contribution in [3.8, 4) is 29.0 Å². The number of fused-ring (bicyclic) bond motifs is 3. The maximum absolute atomic E-state index is 17.2. The number of nitrogens with one attached hydrogen (secondary N) is 1. The SMILES string of the molecule is COC[C@@H](Nc1nc(OC[C@@]23CCCN2CC(=C(F)F)C3)nc2c(F)c(-c3ccc(F)c4sc(N)c(C#N)c34)c(C(F)(F)F)c(O)c12)c1cc(Cl)cnc1N. The monoisotopic (exact) mass is 808 g/mol. The number of nitrogen functional groups attached to an aromatic ring is 2. The van der Waals surface area contributed by atoms with E-state index in [4.69, 9.17) is 32.5 Å². The number of thiophene rings is 1. The summed E-state index contributed by atoms with van der Waals surface area (Å²) >= 11 is 6.75. The van der Waals surface area contributed by atoms with Gasteiger partial charge in [0.2, 0.25) is 0 Å². The van der Waals surface area contributed by atoms with Crippen molar-refractivity contribution in [2.75, 3.05) is 50.2 Å². The van der Waals surface area contributed by atoms with Gasteiger partial charge >= 0.3 is 12.2 Å². The van der Waals surface area contributed by atoms with E-state index in [9.17, 15) is 23.5 Å². The van der Waals surface area contributed by atoms with Crippen LogP contribution in [-0.2, 0) is 10.9 Å². The number of nitrogens with two attached hydrogens (primary N) is 2. The van der Waals surface area contributed by atoms with Crippen LogP contribution in [0.4, 0.5) is 47.4 Å². The molecule has 2 aromatic carbocycles. The minimum absolute atomic E-state index is 0.000863. The normalized spacial score (nSPS) is 17.9.